The summed E-state index contributed by atoms with van der Waals surface area (Å²) in [5.74, 6) is 0.438. The Morgan fingerprint density at radius 3 is 2.63 bits per heavy atom. The van der Waals surface area contributed by atoms with Gasteiger partial charge in [-0.05, 0) is 36.2 Å². The highest BCUT2D eigenvalue weighted by Crippen LogP contribution is 2.16. The molecule has 0 aromatic heterocycles. The van der Waals surface area contributed by atoms with Gasteiger partial charge in [0.15, 0.2) is 0 Å². The maximum atomic E-state index is 12.6. The minimum Gasteiger partial charge on any atom is -0.494 e. The third-order valence-corrected chi connectivity index (χ3v) is 4.54. The van der Waals surface area contributed by atoms with E-state index in [4.69, 9.17) is 10.00 Å². The van der Waals surface area contributed by atoms with Gasteiger partial charge in [-0.15, -0.1) is 0 Å². The van der Waals surface area contributed by atoms with E-state index in [-0.39, 0.29) is 31.1 Å². The molecule has 30 heavy (non-hydrogen) atoms. The summed E-state index contributed by atoms with van der Waals surface area (Å²) in [6, 6.07) is 18.9. The van der Waals surface area contributed by atoms with E-state index in [1.165, 1.54) is 0 Å². The minimum atomic E-state index is -0.186. The molecule has 0 aliphatic heterocycles. The molecule has 0 aliphatic carbocycles. The molecule has 0 saturated carbocycles. The standard InChI is InChI=1S/C24H29N3O3/c1-2-3-17-30-22-12-7-9-20(18-22)19-26-23(28)13-14-24(29)27(16-8-15-25)21-10-5-4-6-11-21/h4-7,9-12,18H,2-3,8,13-14,16-17,19H2,1H3,(H,26,28). The zero-order chi connectivity index (χ0) is 21.6. The molecule has 2 rings (SSSR count). The Labute approximate surface area is 178 Å². The van der Waals surface area contributed by atoms with E-state index in [0.29, 0.717) is 19.7 Å². The van der Waals surface area contributed by atoms with Crippen LogP contribution < -0.4 is 15.0 Å². The van der Waals surface area contributed by atoms with Crippen molar-refractivity contribution in [1.82, 2.24) is 5.32 Å². The number of nitriles is 1. The molecule has 2 aromatic rings. The second kappa shape index (κ2) is 13.0. The average molecular weight is 408 g/mol. The van der Waals surface area contributed by atoms with Gasteiger partial charge in [-0.1, -0.05) is 43.7 Å². The number of nitrogens with one attached hydrogen (secondary N) is 1. The number of benzene rings is 2. The lowest BCUT2D eigenvalue weighted by Crippen LogP contribution is -2.33. The highest BCUT2D eigenvalue weighted by Gasteiger charge is 2.16. The Balaban J connectivity index is 1.82. The van der Waals surface area contributed by atoms with Crippen molar-refractivity contribution in [2.45, 2.75) is 45.6 Å². The lowest BCUT2D eigenvalue weighted by molar-refractivity contribution is -0.125. The summed E-state index contributed by atoms with van der Waals surface area (Å²) in [6.07, 6.45) is 2.51. The number of nitrogens with zero attached hydrogens (tertiary/aromatic N) is 2. The minimum absolute atomic E-state index is 0.0896. The van der Waals surface area contributed by atoms with E-state index in [0.717, 1.165) is 29.8 Å². The number of hydrogen-bond donors (Lipinski definition) is 1. The average Bonchev–Trinajstić information content (AvgIpc) is 2.78. The SMILES string of the molecule is CCCCOc1cccc(CNC(=O)CCC(=O)N(CCC#N)c2ccccc2)c1. The zero-order valence-electron chi connectivity index (χ0n) is 17.5. The van der Waals surface area contributed by atoms with Gasteiger partial charge in [-0.25, -0.2) is 0 Å². The molecule has 0 unspecified atom stereocenters. The fourth-order valence-corrected chi connectivity index (χ4v) is 2.89. The van der Waals surface area contributed by atoms with Gasteiger partial charge < -0.3 is 15.0 Å². The lowest BCUT2D eigenvalue weighted by atomic mass is 10.2. The third kappa shape index (κ3) is 7.96. The largest absolute Gasteiger partial charge is 0.494 e. The van der Waals surface area contributed by atoms with Crippen molar-refractivity contribution in [2.75, 3.05) is 18.1 Å². The molecule has 2 aromatic carbocycles. The number of hydrogen-bond acceptors (Lipinski definition) is 4. The van der Waals surface area contributed by atoms with Crippen LogP contribution in [-0.2, 0) is 16.1 Å². The van der Waals surface area contributed by atoms with Crippen LogP contribution in [-0.4, -0.2) is 25.0 Å². The number of carbonyl (C=O) groups excluding carboxylic acids is 2. The van der Waals surface area contributed by atoms with Crippen molar-refractivity contribution in [1.29, 1.82) is 5.26 Å². The van der Waals surface area contributed by atoms with Crippen LogP contribution in [0.5, 0.6) is 5.75 Å². The van der Waals surface area contributed by atoms with Crippen molar-refractivity contribution < 1.29 is 14.3 Å². The van der Waals surface area contributed by atoms with Crippen LogP contribution in [0.25, 0.3) is 0 Å². The summed E-state index contributed by atoms with van der Waals surface area (Å²) in [7, 11) is 0. The molecule has 158 valence electrons. The normalized spacial score (nSPS) is 10.1. The van der Waals surface area contributed by atoms with Gasteiger partial charge >= 0.3 is 0 Å². The molecule has 0 aliphatic rings. The van der Waals surface area contributed by atoms with Gasteiger partial charge in [-0.2, -0.15) is 5.26 Å². The Bertz CT molecular complexity index is 846. The van der Waals surface area contributed by atoms with Crippen LogP contribution in [0.2, 0.25) is 0 Å². The summed E-state index contributed by atoms with van der Waals surface area (Å²) in [5.41, 5.74) is 1.68. The molecule has 0 radical (unpaired) electrons. The van der Waals surface area contributed by atoms with Crippen molar-refractivity contribution >= 4 is 17.5 Å². The molecular formula is C24H29N3O3. The molecule has 6 heteroatoms. The van der Waals surface area contributed by atoms with Crippen LogP contribution in [0.4, 0.5) is 5.69 Å². The number of para-hydroxylation sites is 1. The van der Waals surface area contributed by atoms with Gasteiger partial charge in [0, 0.05) is 31.6 Å². The highest BCUT2D eigenvalue weighted by atomic mass is 16.5. The quantitative estimate of drug-likeness (QED) is 0.534. The van der Waals surface area contributed by atoms with Crippen molar-refractivity contribution in [3.8, 4) is 11.8 Å². The molecule has 2 amide bonds. The number of carbonyl (C=O) groups is 2. The molecule has 0 heterocycles. The predicted octanol–water partition coefficient (Wildman–Crippen LogP) is 4.21. The highest BCUT2D eigenvalue weighted by molar-refractivity contribution is 5.95. The van der Waals surface area contributed by atoms with Gasteiger partial charge in [0.25, 0.3) is 0 Å². The maximum Gasteiger partial charge on any atom is 0.227 e. The van der Waals surface area contributed by atoms with Gasteiger partial charge in [0.2, 0.25) is 11.8 Å². The van der Waals surface area contributed by atoms with Crippen LogP contribution in [0.1, 0.15) is 44.6 Å². The van der Waals surface area contributed by atoms with E-state index >= 15 is 0 Å². The molecular weight excluding hydrogens is 378 g/mol. The summed E-state index contributed by atoms with van der Waals surface area (Å²) < 4.78 is 5.69. The molecule has 0 bridgehead atoms. The summed E-state index contributed by atoms with van der Waals surface area (Å²) in [4.78, 5) is 26.4. The number of unbranched alkanes of at least 4 members (excludes halogenated alkanes) is 1. The lowest BCUT2D eigenvalue weighted by Gasteiger charge is -2.21. The monoisotopic (exact) mass is 407 g/mol. The van der Waals surface area contributed by atoms with Crippen LogP contribution >= 0.6 is 0 Å². The Morgan fingerprint density at radius 2 is 1.90 bits per heavy atom. The van der Waals surface area contributed by atoms with Gasteiger partial charge in [0.05, 0.1) is 19.1 Å². The fourth-order valence-electron chi connectivity index (χ4n) is 2.89. The fraction of sp³-hybridized carbons (Fsp3) is 0.375. The van der Waals surface area contributed by atoms with Crippen LogP contribution in [0.15, 0.2) is 54.6 Å². The van der Waals surface area contributed by atoms with Gasteiger partial charge in [0.1, 0.15) is 5.75 Å². The first-order chi connectivity index (χ1) is 14.6. The number of anilines is 1. The van der Waals surface area contributed by atoms with E-state index in [1.54, 1.807) is 4.90 Å². The van der Waals surface area contributed by atoms with Crippen molar-refractivity contribution in [2.24, 2.45) is 0 Å². The summed E-state index contributed by atoms with van der Waals surface area (Å²) >= 11 is 0. The zero-order valence-corrected chi connectivity index (χ0v) is 17.5. The van der Waals surface area contributed by atoms with E-state index in [1.807, 2.05) is 54.6 Å². The Morgan fingerprint density at radius 1 is 1.10 bits per heavy atom. The van der Waals surface area contributed by atoms with E-state index in [2.05, 4.69) is 18.3 Å². The molecule has 1 N–H and O–H groups in total. The van der Waals surface area contributed by atoms with Crippen LogP contribution in [0, 0.1) is 11.3 Å². The first-order valence-corrected chi connectivity index (χ1v) is 10.3. The first kappa shape index (κ1) is 23.0. The van der Waals surface area contributed by atoms with Gasteiger partial charge in [-0.3, -0.25) is 9.59 Å². The van der Waals surface area contributed by atoms with Crippen LogP contribution in [0.3, 0.4) is 0 Å². The van der Waals surface area contributed by atoms with Crippen molar-refractivity contribution in [3.63, 3.8) is 0 Å². The second-order valence-electron chi connectivity index (χ2n) is 6.92. The Kier molecular flexibility index (Phi) is 9.94. The summed E-state index contributed by atoms with van der Waals surface area (Å²) in [5, 5.41) is 11.7. The molecule has 6 nitrogen and oxygen atoms in total. The number of amides is 2. The molecule has 0 atom stereocenters. The predicted molar refractivity (Wildman–Crippen MR) is 117 cm³/mol. The smallest absolute Gasteiger partial charge is 0.227 e. The second-order valence-corrected chi connectivity index (χ2v) is 6.92. The topological polar surface area (TPSA) is 82.4 Å². The number of ether oxygens (including phenoxy) is 1. The molecule has 0 saturated heterocycles. The third-order valence-electron chi connectivity index (χ3n) is 4.54. The summed E-state index contributed by atoms with van der Waals surface area (Å²) in [6.45, 7) is 3.49. The molecule has 0 fully saturated rings. The maximum absolute atomic E-state index is 12.6. The number of rotatable bonds is 12. The van der Waals surface area contributed by atoms with E-state index < -0.39 is 0 Å². The van der Waals surface area contributed by atoms with Crippen molar-refractivity contribution in [3.05, 3.63) is 60.2 Å². The Hall–Kier alpha value is -3.33. The molecule has 0 spiro atoms. The first-order valence-electron chi connectivity index (χ1n) is 10.3. The van der Waals surface area contributed by atoms with E-state index in [9.17, 15) is 9.59 Å².